The summed E-state index contributed by atoms with van der Waals surface area (Å²) >= 11 is 1.21. The molecule has 0 spiro atoms. The number of carboxylic acid groups (broad SMARTS) is 1. The topological polar surface area (TPSA) is 78.9 Å². The minimum atomic E-state index is -0.916. The van der Waals surface area contributed by atoms with Gasteiger partial charge in [0.15, 0.2) is 0 Å². The number of rotatable bonds is 6. The fourth-order valence-corrected chi connectivity index (χ4v) is 3.05. The van der Waals surface area contributed by atoms with E-state index in [0.29, 0.717) is 37.7 Å². The van der Waals surface area contributed by atoms with E-state index in [0.717, 1.165) is 12.0 Å². The highest BCUT2D eigenvalue weighted by molar-refractivity contribution is 7.12. The Morgan fingerprint density at radius 3 is 3.10 bits per heavy atom. The summed E-state index contributed by atoms with van der Waals surface area (Å²) in [7, 11) is 0. The molecule has 1 aliphatic heterocycles. The molecule has 0 radical (unpaired) electrons. The van der Waals surface area contributed by atoms with E-state index in [2.05, 4.69) is 5.32 Å². The summed E-state index contributed by atoms with van der Waals surface area (Å²) < 4.78 is 5.39. The van der Waals surface area contributed by atoms with Gasteiger partial charge in [0.25, 0.3) is 0 Å². The first-order chi connectivity index (χ1) is 10.1. The standard InChI is InChI=1S/C14H20N2O4S/c1-2-4-15-13(17)11-9-20-6-5-16(11)8-10-3-7-21-12(10)14(18)19/h3,7,11H,2,4-6,8-9H2,1H3,(H,15,17)(H,18,19). The molecule has 2 N–H and O–H groups in total. The van der Waals surface area contributed by atoms with Crippen molar-refractivity contribution in [2.24, 2.45) is 0 Å². The fraction of sp³-hybridized carbons (Fsp3) is 0.571. The summed E-state index contributed by atoms with van der Waals surface area (Å²) in [6.07, 6.45) is 0.882. The maximum absolute atomic E-state index is 12.2. The number of aromatic carboxylic acids is 1. The van der Waals surface area contributed by atoms with Crippen molar-refractivity contribution >= 4 is 23.2 Å². The highest BCUT2D eigenvalue weighted by Crippen LogP contribution is 2.21. The second-order valence-corrected chi connectivity index (χ2v) is 5.85. The van der Waals surface area contributed by atoms with Crippen LogP contribution in [-0.4, -0.2) is 54.2 Å². The molecule has 0 aromatic carbocycles. The first-order valence-electron chi connectivity index (χ1n) is 7.02. The molecule has 1 aromatic rings. The van der Waals surface area contributed by atoms with E-state index in [1.165, 1.54) is 11.3 Å². The number of carbonyl (C=O) groups excluding carboxylic acids is 1. The summed E-state index contributed by atoms with van der Waals surface area (Å²) in [4.78, 5) is 25.7. The number of nitrogens with one attached hydrogen (secondary N) is 1. The fourth-order valence-electron chi connectivity index (χ4n) is 2.30. The number of nitrogens with zero attached hydrogens (tertiary/aromatic N) is 1. The molecule has 1 atom stereocenters. The molecule has 2 heterocycles. The summed E-state index contributed by atoms with van der Waals surface area (Å²) in [6, 6.07) is 1.46. The van der Waals surface area contributed by atoms with Crippen LogP contribution in [0.2, 0.25) is 0 Å². The zero-order valence-electron chi connectivity index (χ0n) is 12.0. The van der Waals surface area contributed by atoms with Crippen molar-refractivity contribution < 1.29 is 19.4 Å². The van der Waals surface area contributed by atoms with Crippen LogP contribution >= 0.6 is 11.3 Å². The maximum Gasteiger partial charge on any atom is 0.346 e. The third kappa shape index (κ3) is 4.03. The molecule has 21 heavy (non-hydrogen) atoms. The third-order valence-electron chi connectivity index (χ3n) is 3.41. The third-order valence-corrected chi connectivity index (χ3v) is 4.35. The lowest BCUT2D eigenvalue weighted by Crippen LogP contribution is -2.53. The van der Waals surface area contributed by atoms with Crippen molar-refractivity contribution in [3.8, 4) is 0 Å². The van der Waals surface area contributed by atoms with E-state index in [1.54, 1.807) is 5.38 Å². The molecule has 6 nitrogen and oxygen atoms in total. The van der Waals surface area contributed by atoms with Gasteiger partial charge >= 0.3 is 5.97 Å². The van der Waals surface area contributed by atoms with Gasteiger partial charge in [-0.2, -0.15) is 0 Å². The zero-order chi connectivity index (χ0) is 15.2. The van der Waals surface area contributed by atoms with Crippen molar-refractivity contribution in [1.82, 2.24) is 10.2 Å². The Kier molecular flexibility index (Phi) is 5.72. The van der Waals surface area contributed by atoms with Gasteiger partial charge in [0.05, 0.1) is 13.2 Å². The van der Waals surface area contributed by atoms with Gasteiger partial charge < -0.3 is 15.2 Å². The molecule has 1 aromatic heterocycles. The number of ether oxygens (including phenoxy) is 1. The Balaban J connectivity index is 2.06. The minimum absolute atomic E-state index is 0.0522. The molecule has 0 saturated carbocycles. The second kappa shape index (κ2) is 7.53. The SMILES string of the molecule is CCCNC(=O)C1COCCN1Cc1ccsc1C(=O)O. The van der Waals surface area contributed by atoms with Crippen molar-refractivity contribution in [3.05, 3.63) is 21.9 Å². The Morgan fingerprint density at radius 2 is 2.38 bits per heavy atom. The highest BCUT2D eigenvalue weighted by Gasteiger charge is 2.30. The van der Waals surface area contributed by atoms with Gasteiger partial charge in [0.1, 0.15) is 10.9 Å². The first-order valence-corrected chi connectivity index (χ1v) is 7.90. The molecule has 1 fully saturated rings. The summed E-state index contributed by atoms with van der Waals surface area (Å²) in [6.45, 7) is 4.63. The first kappa shape index (κ1) is 15.9. The predicted octanol–water partition coefficient (Wildman–Crippen LogP) is 1.17. The van der Waals surface area contributed by atoms with Crippen molar-refractivity contribution in [2.45, 2.75) is 25.9 Å². The van der Waals surface area contributed by atoms with E-state index in [1.807, 2.05) is 17.9 Å². The van der Waals surface area contributed by atoms with Crippen molar-refractivity contribution in [1.29, 1.82) is 0 Å². The number of carbonyl (C=O) groups is 2. The molecule has 1 saturated heterocycles. The van der Waals surface area contributed by atoms with Crippen molar-refractivity contribution in [3.63, 3.8) is 0 Å². The number of hydrogen-bond donors (Lipinski definition) is 2. The van der Waals surface area contributed by atoms with Gasteiger partial charge in [-0.15, -0.1) is 11.3 Å². The van der Waals surface area contributed by atoms with Gasteiger partial charge in [-0.25, -0.2) is 4.79 Å². The van der Waals surface area contributed by atoms with Crippen LogP contribution in [0.5, 0.6) is 0 Å². The van der Waals surface area contributed by atoms with E-state index < -0.39 is 5.97 Å². The predicted molar refractivity (Wildman–Crippen MR) is 79.6 cm³/mol. The Labute approximate surface area is 127 Å². The summed E-state index contributed by atoms with van der Waals surface area (Å²) in [5, 5.41) is 13.8. The molecule has 1 unspecified atom stereocenters. The molecule has 0 bridgehead atoms. The lowest BCUT2D eigenvalue weighted by atomic mass is 10.1. The molecule has 0 aliphatic carbocycles. The van der Waals surface area contributed by atoms with Crippen LogP contribution in [0.1, 0.15) is 28.6 Å². The van der Waals surface area contributed by atoms with E-state index in [4.69, 9.17) is 9.84 Å². The molecule has 116 valence electrons. The lowest BCUT2D eigenvalue weighted by molar-refractivity contribution is -0.132. The summed E-state index contributed by atoms with van der Waals surface area (Å²) in [5.41, 5.74) is 0.752. The number of amides is 1. The van der Waals surface area contributed by atoms with Crippen LogP contribution in [0.15, 0.2) is 11.4 Å². The largest absolute Gasteiger partial charge is 0.477 e. The number of hydrogen-bond acceptors (Lipinski definition) is 5. The monoisotopic (exact) mass is 312 g/mol. The van der Waals surface area contributed by atoms with Crippen LogP contribution in [-0.2, 0) is 16.1 Å². The average molecular weight is 312 g/mol. The Hall–Kier alpha value is -1.44. The van der Waals surface area contributed by atoms with Gasteiger partial charge in [-0.1, -0.05) is 6.92 Å². The summed E-state index contributed by atoms with van der Waals surface area (Å²) in [5.74, 6) is -0.969. The van der Waals surface area contributed by atoms with E-state index >= 15 is 0 Å². The quantitative estimate of drug-likeness (QED) is 0.824. The van der Waals surface area contributed by atoms with Crippen LogP contribution in [0.3, 0.4) is 0 Å². The zero-order valence-corrected chi connectivity index (χ0v) is 12.8. The molecular weight excluding hydrogens is 292 g/mol. The van der Waals surface area contributed by atoms with Gasteiger partial charge in [0.2, 0.25) is 5.91 Å². The van der Waals surface area contributed by atoms with E-state index in [9.17, 15) is 9.59 Å². The van der Waals surface area contributed by atoms with Gasteiger partial charge in [-0.3, -0.25) is 9.69 Å². The van der Waals surface area contributed by atoms with E-state index in [-0.39, 0.29) is 11.9 Å². The highest BCUT2D eigenvalue weighted by atomic mass is 32.1. The maximum atomic E-state index is 12.2. The number of carboxylic acids is 1. The Bertz CT molecular complexity index is 503. The number of morpholine rings is 1. The van der Waals surface area contributed by atoms with Crippen molar-refractivity contribution in [2.75, 3.05) is 26.3 Å². The lowest BCUT2D eigenvalue weighted by Gasteiger charge is -2.34. The Morgan fingerprint density at radius 1 is 1.57 bits per heavy atom. The number of thiophene rings is 1. The van der Waals surface area contributed by atoms with Crippen LogP contribution in [0.4, 0.5) is 0 Å². The van der Waals surface area contributed by atoms with Crippen LogP contribution < -0.4 is 5.32 Å². The van der Waals surface area contributed by atoms with Gasteiger partial charge in [-0.05, 0) is 23.4 Å². The smallest absolute Gasteiger partial charge is 0.346 e. The molecular formula is C14H20N2O4S. The van der Waals surface area contributed by atoms with Gasteiger partial charge in [0, 0.05) is 19.6 Å². The minimum Gasteiger partial charge on any atom is -0.477 e. The normalized spacial score (nSPS) is 19.4. The molecule has 7 heteroatoms. The second-order valence-electron chi connectivity index (χ2n) is 4.93. The molecule has 1 aliphatic rings. The van der Waals surface area contributed by atoms with Crippen LogP contribution in [0, 0.1) is 0 Å². The molecule has 1 amide bonds. The molecule has 2 rings (SSSR count). The average Bonchev–Trinajstić information content (AvgIpc) is 2.93. The van der Waals surface area contributed by atoms with Crippen LogP contribution in [0.25, 0.3) is 0 Å².